The van der Waals surface area contributed by atoms with Crippen LogP contribution in [0.2, 0.25) is 5.02 Å². The van der Waals surface area contributed by atoms with Gasteiger partial charge in [-0.05, 0) is 117 Å². The van der Waals surface area contributed by atoms with Crippen molar-refractivity contribution in [3.8, 4) is 40.2 Å². The molecule has 0 atom stereocenters. The Morgan fingerprint density at radius 1 is 0.898 bits per heavy atom. The van der Waals surface area contributed by atoms with Crippen molar-refractivity contribution in [1.82, 2.24) is 20.1 Å². The average Bonchev–Trinajstić information content (AvgIpc) is 3.25. The number of carbonyl (C=O) groups excluding carboxylic acids is 1. The molecular formula is C44H45ClN6O7S. The Balaban J connectivity index is 0.857. The summed E-state index contributed by atoms with van der Waals surface area (Å²) in [6.45, 7) is 3.73. The molecule has 15 heteroatoms. The van der Waals surface area contributed by atoms with Gasteiger partial charge in [0.25, 0.3) is 5.91 Å². The van der Waals surface area contributed by atoms with Gasteiger partial charge < -0.3 is 29.0 Å². The van der Waals surface area contributed by atoms with Crippen LogP contribution < -0.4 is 30.0 Å². The van der Waals surface area contributed by atoms with Crippen LogP contribution >= 0.6 is 11.6 Å². The maximum Gasteiger partial charge on any atom is 0.272 e. The first-order valence-electron chi connectivity index (χ1n) is 19.7. The van der Waals surface area contributed by atoms with Crippen molar-refractivity contribution in [3.63, 3.8) is 0 Å². The van der Waals surface area contributed by atoms with Gasteiger partial charge in [0.1, 0.15) is 29.1 Å². The smallest absolute Gasteiger partial charge is 0.272 e. The number of hydrogen-bond donors (Lipinski definition) is 1. The summed E-state index contributed by atoms with van der Waals surface area (Å²) >= 11 is 6.14. The van der Waals surface area contributed by atoms with Crippen LogP contribution in [0.5, 0.6) is 23.0 Å². The number of carbonyl (C=O) groups is 1. The van der Waals surface area contributed by atoms with Crippen molar-refractivity contribution in [2.45, 2.75) is 62.5 Å². The van der Waals surface area contributed by atoms with Gasteiger partial charge in [-0.25, -0.2) is 8.42 Å². The Labute approximate surface area is 348 Å². The molecule has 13 nitrogen and oxygen atoms in total. The number of sulfone groups is 1. The van der Waals surface area contributed by atoms with Gasteiger partial charge in [0.05, 0.1) is 33.9 Å². The molecule has 1 aliphatic carbocycles. The second kappa shape index (κ2) is 18.3. The van der Waals surface area contributed by atoms with Crippen LogP contribution in [0.3, 0.4) is 0 Å². The standard InChI is InChI=1S/C44H45ClN6O7S/c1-3-59(54,55)37-15-17-41(38(25-37)31-5-19-43(52)50(2)27-31)58-35-13-11-33(12-14-35)56-28-29-20-22-51(23-21-29)42-18-16-40(48-49-42)44(53)47-32-6-9-34(10-7-32)57-36-8-4-30(26-46)39(45)24-36/h4-5,8,11-19,24-25,27,29,32,34H,3,6-7,9-10,20-23,28H2,1-2H3,(H,47,53). The third kappa shape index (κ3) is 10.2. The topological polar surface area (TPSA) is 166 Å². The number of ether oxygens (including phenoxy) is 3. The van der Waals surface area contributed by atoms with Crippen molar-refractivity contribution >= 4 is 33.2 Å². The number of piperidine rings is 1. The highest BCUT2D eigenvalue weighted by Crippen LogP contribution is 2.36. The quantitative estimate of drug-likeness (QED) is 0.126. The molecule has 0 unspecified atom stereocenters. The summed E-state index contributed by atoms with van der Waals surface area (Å²) in [4.78, 5) is 27.4. The van der Waals surface area contributed by atoms with Gasteiger partial charge in [-0.3, -0.25) is 9.59 Å². The van der Waals surface area contributed by atoms with E-state index in [2.05, 4.69) is 20.4 Å². The molecule has 3 aromatic carbocycles. The Morgan fingerprint density at radius 3 is 2.29 bits per heavy atom. The van der Waals surface area contributed by atoms with Gasteiger partial charge in [0.2, 0.25) is 5.56 Å². The number of aryl methyl sites for hydroxylation is 1. The molecule has 1 saturated heterocycles. The molecular weight excluding hydrogens is 792 g/mol. The summed E-state index contributed by atoms with van der Waals surface area (Å²) in [6, 6.07) is 25.9. The van der Waals surface area contributed by atoms with Crippen molar-refractivity contribution < 1.29 is 27.4 Å². The van der Waals surface area contributed by atoms with Gasteiger partial charge in [-0.2, -0.15) is 5.26 Å². The summed E-state index contributed by atoms with van der Waals surface area (Å²) in [6.07, 6.45) is 6.60. The summed E-state index contributed by atoms with van der Waals surface area (Å²) in [7, 11) is -1.82. The normalized spacial score (nSPS) is 17.2. The fourth-order valence-electron chi connectivity index (χ4n) is 7.26. The van der Waals surface area contributed by atoms with Gasteiger partial charge in [0, 0.05) is 55.6 Å². The average molecular weight is 837 g/mol. The van der Waals surface area contributed by atoms with E-state index in [4.69, 9.17) is 31.1 Å². The molecule has 306 valence electrons. The second-order valence-corrected chi connectivity index (χ2v) is 17.5. The molecule has 0 spiro atoms. The van der Waals surface area contributed by atoms with Gasteiger partial charge >= 0.3 is 0 Å². The Morgan fingerprint density at radius 2 is 1.63 bits per heavy atom. The molecule has 3 heterocycles. The number of halogens is 1. The number of rotatable bonds is 13. The van der Waals surface area contributed by atoms with Crippen LogP contribution in [0, 0.1) is 17.2 Å². The Hall–Kier alpha value is -5.91. The van der Waals surface area contributed by atoms with Crippen molar-refractivity contribution in [2.24, 2.45) is 13.0 Å². The van der Waals surface area contributed by atoms with E-state index in [9.17, 15) is 18.0 Å². The van der Waals surface area contributed by atoms with E-state index in [-0.39, 0.29) is 40.0 Å². The minimum Gasteiger partial charge on any atom is -0.493 e. The number of benzene rings is 3. The molecule has 1 saturated carbocycles. The van der Waals surface area contributed by atoms with E-state index in [0.717, 1.165) is 57.4 Å². The zero-order valence-electron chi connectivity index (χ0n) is 32.8. The molecule has 2 aliphatic rings. The largest absolute Gasteiger partial charge is 0.493 e. The summed E-state index contributed by atoms with van der Waals surface area (Å²) < 4.78 is 45.2. The van der Waals surface area contributed by atoms with Crippen molar-refractivity contribution in [2.75, 3.05) is 30.3 Å². The fourth-order valence-corrected chi connectivity index (χ4v) is 8.38. The van der Waals surface area contributed by atoms with Crippen LogP contribution in [0.15, 0.2) is 101 Å². The monoisotopic (exact) mass is 836 g/mol. The summed E-state index contributed by atoms with van der Waals surface area (Å²) in [5.41, 5.74) is 1.72. The predicted molar refractivity (Wildman–Crippen MR) is 224 cm³/mol. The zero-order chi connectivity index (χ0) is 41.5. The van der Waals surface area contributed by atoms with E-state index in [1.54, 1.807) is 74.8 Å². The zero-order valence-corrected chi connectivity index (χ0v) is 34.4. The van der Waals surface area contributed by atoms with E-state index in [0.29, 0.717) is 57.2 Å². The molecule has 0 bridgehead atoms. The van der Waals surface area contributed by atoms with Gasteiger partial charge in [-0.1, -0.05) is 18.5 Å². The maximum atomic E-state index is 13.0. The predicted octanol–water partition coefficient (Wildman–Crippen LogP) is 7.37. The molecule has 1 N–H and O–H groups in total. The third-order valence-electron chi connectivity index (χ3n) is 10.8. The first-order valence-corrected chi connectivity index (χ1v) is 21.7. The summed E-state index contributed by atoms with van der Waals surface area (Å²) in [5.74, 6) is 3.15. The number of nitrogens with zero attached hydrogens (tertiary/aromatic N) is 5. The first-order chi connectivity index (χ1) is 28.5. The number of aromatic nitrogens is 3. The second-order valence-electron chi connectivity index (χ2n) is 14.8. The summed E-state index contributed by atoms with van der Waals surface area (Å²) in [5, 5.41) is 21.2. The number of nitriles is 1. The fraction of sp³-hybridized carbons (Fsp3) is 0.341. The molecule has 1 amide bonds. The Kier molecular flexibility index (Phi) is 12.8. The minimum atomic E-state index is -3.47. The van der Waals surface area contributed by atoms with Crippen LogP contribution in [-0.2, 0) is 16.9 Å². The lowest BCUT2D eigenvalue weighted by Crippen LogP contribution is -2.40. The number of hydrogen-bond acceptors (Lipinski definition) is 11. The lowest BCUT2D eigenvalue weighted by molar-refractivity contribution is 0.0888. The highest BCUT2D eigenvalue weighted by Gasteiger charge is 2.26. The number of amides is 1. The van der Waals surface area contributed by atoms with E-state index < -0.39 is 9.84 Å². The van der Waals surface area contributed by atoms with Crippen molar-refractivity contribution in [3.05, 3.63) is 118 Å². The number of anilines is 1. The number of nitrogens with one attached hydrogen (secondary N) is 1. The third-order valence-corrected chi connectivity index (χ3v) is 12.9. The number of pyridine rings is 1. The van der Waals surface area contributed by atoms with E-state index >= 15 is 0 Å². The Bertz CT molecular complexity index is 2490. The van der Waals surface area contributed by atoms with Crippen molar-refractivity contribution in [1.29, 1.82) is 5.26 Å². The van der Waals surface area contributed by atoms with E-state index in [1.807, 2.05) is 24.3 Å². The molecule has 2 fully saturated rings. The molecule has 7 rings (SSSR count). The lowest BCUT2D eigenvalue weighted by Gasteiger charge is -2.32. The molecule has 1 aliphatic heterocycles. The van der Waals surface area contributed by atoms with Crippen LogP contribution in [0.4, 0.5) is 5.82 Å². The highest BCUT2D eigenvalue weighted by atomic mass is 35.5. The highest BCUT2D eigenvalue weighted by molar-refractivity contribution is 7.91. The van der Waals surface area contributed by atoms with Gasteiger partial charge in [0.15, 0.2) is 21.3 Å². The minimum absolute atomic E-state index is 0.0124. The SMILES string of the molecule is CCS(=O)(=O)c1ccc(Oc2ccc(OCC3CCN(c4ccc(C(=O)NC5CCC(Oc6ccc(C#N)c(Cl)c6)CC5)nn4)CC3)cc2)c(-c2ccc(=O)n(C)c2)c1. The molecule has 2 aromatic heterocycles. The molecule has 0 radical (unpaired) electrons. The molecule has 59 heavy (non-hydrogen) atoms. The first kappa shape index (κ1) is 41.3. The van der Waals surface area contributed by atoms with Gasteiger partial charge in [-0.15, -0.1) is 10.2 Å². The molecule has 5 aromatic rings. The van der Waals surface area contributed by atoms with Crippen LogP contribution in [-0.4, -0.2) is 66.7 Å². The van der Waals surface area contributed by atoms with Crippen LogP contribution in [0.25, 0.3) is 11.1 Å². The lowest BCUT2D eigenvalue weighted by atomic mass is 9.93. The maximum absolute atomic E-state index is 13.0. The van der Waals surface area contributed by atoms with Crippen LogP contribution in [0.1, 0.15) is 61.5 Å². The van der Waals surface area contributed by atoms with E-state index in [1.165, 1.54) is 16.7 Å².